The van der Waals surface area contributed by atoms with Crippen LogP contribution in [0.4, 0.5) is 11.6 Å². The molecule has 0 aliphatic heterocycles. The molecule has 38 heavy (non-hydrogen) atoms. The maximum absolute atomic E-state index is 5.74. The van der Waals surface area contributed by atoms with Gasteiger partial charge >= 0.3 is 0 Å². The summed E-state index contributed by atoms with van der Waals surface area (Å²) in [6, 6.07) is 18.9. The standard InChI is InChI=1S/C28H34N4O6/c29-27-7-3-21-1-5-23(19-25(21)31-27)37-17-15-35-13-11-33-9-10-34-12-14-36-16-18-38-24-6-2-22-4-8-28(30)32-26(22)20-24/h1-8,19-20H,9-18H2,(H2,29,31)(H2,30,32). The van der Waals surface area contributed by atoms with Gasteiger partial charge < -0.3 is 39.9 Å². The van der Waals surface area contributed by atoms with Crippen molar-refractivity contribution in [2.75, 3.05) is 77.5 Å². The molecule has 2 heterocycles. The first-order valence-electron chi connectivity index (χ1n) is 12.6. The van der Waals surface area contributed by atoms with Crippen LogP contribution in [0.2, 0.25) is 0 Å². The molecule has 0 atom stereocenters. The summed E-state index contributed by atoms with van der Waals surface area (Å²) in [7, 11) is 0. The number of aromatic nitrogens is 2. The predicted molar refractivity (Wildman–Crippen MR) is 147 cm³/mol. The second kappa shape index (κ2) is 14.9. The van der Waals surface area contributed by atoms with Crippen LogP contribution in [0.15, 0.2) is 60.7 Å². The van der Waals surface area contributed by atoms with E-state index in [9.17, 15) is 0 Å². The van der Waals surface area contributed by atoms with E-state index in [-0.39, 0.29) is 0 Å². The average molecular weight is 523 g/mol. The molecule has 0 fully saturated rings. The molecule has 0 spiro atoms. The van der Waals surface area contributed by atoms with Gasteiger partial charge in [-0.2, -0.15) is 0 Å². The van der Waals surface area contributed by atoms with Gasteiger partial charge in [-0.15, -0.1) is 0 Å². The van der Waals surface area contributed by atoms with Gasteiger partial charge in [-0.05, 0) is 48.5 Å². The van der Waals surface area contributed by atoms with E-state index < -0.39 is 0 Å². The van der Waals surface area contributed by atoms with Crippen LogP contribution in [0.25, 0.3) is 21.8 Å². The van der Waals surface area contributed by atoms with Crippen LogP contribution in [-0.4, -0.2) is 76.0 Å². The fourth-order valence-corrected chi connectivity index (χ4v) is 3.60. The molecule has 2 aromatic carbocycles. The number of nitrogens with zero attached hydrogens (tertiary/aromatic N) is 2. The lowest BCUT2D eigenvalue weighted by molar-refractivity contribution is -0.00698. The molecule has 0 unspecified atom stereocenters. The van der Waals surface area contributed by atoms with Gasteiger partial charge in [-0.25, -0.2) is 9.97 Å². The van der Waals surface area contributed by atoms with Gasteiger partial charge in [0.05, 0.1) is 63.9 Å². The van der Waals surface area contributed by atoms with Crippen LogP contribution in [0.5, 0.6) is 11.5 Å². The van der Waals surface area contributed by atoms with Crippen molar-refractivity contribution in [1.29, 1.82) is 0 Å². The number of fused-ring (bicyclic) bond motifs is 2. The molecule has 0 radical (unpaired) electrons. The minimum Gasteiger partial charge on any atom is -0.491 e. The molecule has 0 saturated carbocycles. The van der Waals surface area contributed by atoms with Crippen molar-refractivity contribution in [3.8, 4) is 11.5 Å². The number of nitrogen functional groups attached to an aromatic ring is 2. The van der Waals surface area contributed by atoms with Crippen LogP contribution >= 0.6 is 0 Å². The van der Waals surface area contributed by atoms with E-state index in [1.165, 1.54) is 0 Å². The van der Waals surface area contributed by atoms with Crippen LogP contribution in [0, 0.1) is 0 Å². The number of rotatable bonds is 17. The summed E-state index contributed by atoms with van der Waals surface area (Å²) >= 11 is 0. The zero-order valence-corrected chi connectivity index (χ0v) is 21.3. The van der Waals surface area contributed by atoms with Gasteiger partial charge in [0.2, 0.25) is 0 Å². The number of ether oxygens (including phenoxy) is 6. The lowest BCUT2D eigenvalue weighted by Gasteiger charge is -2.09. The van der Waals surface area contributed by atoms with Crippen molar-refractivity contribution in [2.24, 2.45) is 0 Å². The molecule has 10 nitrogen and oxygen atoms in total. The van der Waals surface area contributed by atoms with Crippen LogP contribution in [-0.2, 0) is 18.9 Å². The van der Waals surface area contributed by atoms with Crippen molar-refractivity contribution in [3.63, 3.8) is 0 Å². The van der Waals surface area contributed by atoms with Gasteiger partial charge in [-0.1, -0.05) is 0 Å². The molecular formula is C28H34N4O6. The van der Waals surface area contributed by atoms with E-state index in [0.29, 0.717) is 77.7 Å². The Hall–Kier alpha value is -3.70. The number of hydrogen-bond donors (Lipinski definition) is 2. The predicted octanol–water partition coefficient (Wildman–Crippen LogP) is 3.47. The Kier molecular flexibility index (Phi) is 10.7. The molecule has 0 aliphatic rings. The number of hydrogen-bond acceptors (Lipinski definition) is 10. The highest BCUT2D eigenvalue weighted by atomic mass is 16.6. The fourth-order valence-electron chi connectivity index (χ4n) is 3.60. The highest BCUT2D eigenvalue weighted by Gasteiger charge is 2.01. The van der Waals surface area contributed by atoms with Crippen molar-refractivity contribution >= 4 is 33.4 Å². The quantitative estimate of drug-likeness (QED) is 0.199. The Morgan fingerprint density at radius 3 is 1.18 bits per heavy atom. The Balaban J connectivity index is 0.927. The average Bonchev–Trinajstić information content (AvgIpc) is 2.92. The first kappa shape index (κ1) is 27.3. The first-order valence-corrected chi connectivity index (χ1v) is 12.6. The third-order valence-electron chi connectivity index (χ3n) is 5.48. The van der Waals surface area contributed by atoms with Gasteiger partial charge in [0.25, 0.3) is 0 Å². The third kappa shape index (κ3) is 9.00. The first-order chi connectivity index (χ1) is 18.7. The topological polar surface area (TPSA) is 133 Å². The normalized spacial score (nSPS) is 11.3. The molecule has 0 bridgehead atoms. The highest BCUT2D eigenvalue weighted by molar-refractivity contribution is 5.82. The maximum atomic E-state index is 5.74. The maximum Gasteiger partial charge on any atom is 0.124 e. The second-order valence-electron chi connectivity index (χ2n) is 8.33. The fraction of sp³-hybridized carbons (Fsp3) is 0.357. The number of anilines is 2. The molecule has 0 aliphatic carbocycles. The van der Waals surface area contributed by atoms with Crippen molar-refractivity contribution < 1.29 is 28.4 Å². The van der Waals surface area contributed by atoms with Gasteiger partial charge in [0, 0.05) is 22.9 Å². The molecule has 4 rings (SSSR count). The number of pyridine rings is 2. The minimum absolute atomic E-state index is 0.441. The summed E-state index contributed by atoms with van der Waals surface area (Å²) in [4.78, 5) is 8.60. The Morgan fingerprint density at radius 2 is 0.789 bits per heavy atom. The Morgan fingerprint density at radius 1 is 0.447 bits per heavy atom. The minimum atomic E-state index is 0.441. The Bertz CT molecular complexity index is 1190. The lowest BCUT2D eigenvalue weighted by Crippen LogP contribution is -2.14. The SMILES string of the molecule is Nc1ccc2ccc(OCCOCCOCCOCCOCCOc3ccc4ccc(N)nc4c3)cc2n1. The van der Waals surface area contributed by atoms with E-state index in [0.717, 1.165) is 33.3 Å². The number of nitrogens with two attached hydrogens (primary N) is 2. The van der Waals surface area contributed by atoms with Crippen LogP contribution in [0.3, 0.4) is 0 Å². The van der Waals surface area contributed by atoms with Crippen LogP contribution < -0.4 is 20.9 Å². The zero-order valence-electron chi connectivity index (χ0n) is 21.3. The molecule has 0 amide bonds. The van der Waals surface area contributed by atoms with Gasteiger partial charge in [0.15, 0.2) is 0 Å². The zero-order chi connectivity index (χ0) is 26.4. The summed E-state index contributed by atoms with van der Waals surface area (Å²) in [6.07, 6.45) is 0. The Labute approximate surface area is 221 Å². The summed E-state index contributed by atoms with van der Waals surface area (Å²) in [5.74, 6) is 2.44. The summed E-state index contributed by atoms with van der Waals surface area (Å²) in [5, 5.41) is 2.03. The smallest absolute Gasteiger partial charge is 0.124 e. The van der Waals surface area contributed by atoms with Gasteiger partial charge in [-0.3, -0.25) is 0 Å². The molecule has 4 N–H and O–H groups in total. The molecule has 202 valence electrons. The third-order valence-corrected chi connectivity index (χ3v) is 5.48. The summed E-state index contributed by atoms with van der Waals surface area (Å²) in [6.45, 7) is 4.78. The largest absolute Gasteiger partial charge is 0.491 e. The van der Waals surface area contributed by atoms with Crippen molar-refractivity contribution in [2.45, 2.75) is 0 Å². The van der Waals surface area contributed by atoms with Crippen molar-refractivity contribution in [3.05, 3.63) is 60.7 Å². The van der Waals surface area contributed by atoms with E-state index >= 15 is 0 Å². The molecule has 2 aromatic heterocycles. The van der Waals surface area contributed by atoms with E-state index in [1.807, 2.05) is 48.5 Å². The second-order valence-corrected chi connectivity index (χ2v) is 8.33. The highest BCUT2D eigenvalue weighted by Crippen LogP contribution is 2.21. The number of benzene rings is 2. The molecule has 4 aromatic rings. The lowest BCUT2D eigenvalue weighted by atomic mass is 10.2. The summed E-state index contributed by atoms with van der Waals surface area (Å²) in [5.41, 5.74) is 13.1. The molecule has 10 heteroatoms. The van der Waals surface area contributed by atoms with E-state index in [2.05, 4.69) is 9.97 Å². The molecule has 0 saturated heterocycles. The van der Waals surface area contributed by atoms with Crippen molar-refractivity contribution in [1.82, 2.24) is 9.97 Å². The molecular weight excluding hydrogens is 488 g/mol. The van der Waals surface area contributed by atoms with E-state index in [4.69, 9.17) is 39.9 Å². The van der Waals surface area contributed by atoms with Crippen LogP contribution in [0.1, 0.15) is 0 Å². The van der Waals surface area contributed by atoms with E-state index in [1.54, 1.807) is 12.1 Å². The monoisotopic (exact) mass is 522 g/mol. The summed E-state index contributed by atoms with van der Waals surface area (Å²) < 4.78 is 33.5. The van der Waals surface area contributed by atoms with Gasteiger partial charge in [0.1, 0.15) is 36.3 Å².